The van der Waals surface area contributed by atoms with E-state index in [9.17, 15) is 0 Å². The monoisotopic (exact) mass is 316 g/mol. The van der Waals surface area contributed by atoms with E-state index < -0.39 is 14.7 Å². The van der Waals surface area contributed by atoms with Gasteiger partial charge in [0.2, 0.25) is 0 Å². The van der Waals surface area contributed by atoms with Gasteiger partial charge in [-0.25, -0.2) is 0 Å². The second-order valence-corrected chi connectivity index (χ2v) is 9.10. The molecule has 0 saturated carbocycles. The zero-order valence-corrected chi connectivity index (χ0v) is 6.46. The van der Waals surface area contributed by atoms with E-state index in [1.807, 2.05) is 0 Å². The Morgan fingerprint density at radius 3 is 1.17 bits per heavy atom. The average molecular weight is 317 g/mol. The minimum absolute atomic E-state index is 0. The minimum atomic E-state index is -4.00. The molecule has 5 N–H and O–H groups in total. The van der Waals surface area contributed by atoms with Crippen molar-refractivity contribution < 1.29 is 22.3 Å². The summed E-state index contributed by atoms with van der Waals surface area (Å²) in [5, 5.41) is 0. The standard InChI is InChI=1S/2ClH.H3N.2H2O.Pt/h2*1H;1H3;2*1H2;/q;;;;;+4/p-4. The van der Waals surface area contributed by atoms with Gasteiger partial charge in [0.25, 0.3) is 0 Å². The Kier molecular flexibility index (Phi) is 5.42. The Labute approximate surface area is 47.4 Å². The molecule has 0 unspecified atom stereocenters. The number of rotatable bonds is 0. The third-order valence-corrected chi connectivity index (χ3v) is 0. The molecule has 0 aliphatic carbocycles. The molecule has 0 aromatic heterocycles. The molecule has 0 amide bonds. The molecule has 0 rings (SSSR count). The van der Waals surface area contributed by atoms with Crippen molar-refractivity contribution in [2.24, 2.45) is 0 Å². The van der Waals surface area contributed by atoms with Crippen molar-refractivity contribution in [1.82, 2.24) is 6.15 Å². The van der Waals surface area contributed by atoms with Crippen molar-refractivity contribution in [2.75, 3.05) is 0 Å². The number of hydrogen-bond acceptors (Lipinski definition) is 3. The summed E-state index contributed by atoms with van der Waals surface area (Å²) in [4.78, 5) is 0. The van der Waals surface area contributed by atoms with Crippen LogP contribution in [0.2, 0.25) is 0 Å². The van der Waals surface area contributed by atoms with E-state index >= 15 is 0 Å². The third kappa shape index (κ3) is 67.2. The summed E-state index contributed by atoms with van der Waals surface area (Å²) in [7, 11) is 9.17. The van der Waals surface area contributed by atoms with Crippen molar-refractivity contribution in [2.45, 2.75) is 0 Å². The second kappa shape index (κ2) is 3.19. The molecule has 0 bridgehead atoms. The zero-order chi connectivity index (χ0) is 4.50. The molecule has 46 valence electrons. The Morgan fingerprint density at radius 1 is 1.17 bits per heavy atom. The van der Waals surface area contributed by atoms with E-state index in [1.54, 1.807) is 0 Å². The SMILES string of the molecule is N.[OH][Pt]([OH])([Cl])[Cl]. The predicted octanol–water partition coefficient (Wildman–Crippen LogP) is 0.424. The van der Waals surface area contributed by atoms with Crippen LogP contribution in [0.1, 0.15) is 0 Å². The first kappa shape index (κ1) is 10.2. The molecule has 0 aliphatic heterocycles. The normalized spacial score (nSPS) is 12.7. The van der Waals surface area contributed by atoms with Gasteiger partial charge >= 0.3 is 41.1 Å². The predicted molar refractivity (Wildman–Crippen MR) is 21.2 cm³/mol. The van der Waals surface area contributed by atoms with Crippen molar-refractivity contribution >= 4 is 18.8 Å². The molecule has 0 aromatic carbocycles. The number of hydrogen-bond donors (Lipinski definition) is 3. The van der Waals surface area contributed by atoms with Gasteiger partial charge in [-0.2, -0.15) is 0 Å². The first-order valence-corrected chi connectivity index (χ1v) is 8.19. The van der Waals surface area contributed by atoms with E-state index in [0.717, 1.165) is 0 Å². The van der Waals surface area contributed by atoms with E-state index in [-0.39, 0.29) is 6.15 Å². The fraction of sp³-hybridized carbons (Fsp3) is 0. The van der Waals surface area contributed by atoms with Crippen LogP contribution < -0.4 is 6.15 Å². The van der Waals surface area contributed by atoms with Crippen LogP contribution >= 0.6 is 18.8 Å². The van der Waals surface area contributed by atoms with Crippen LogP contribution in [0.15, 0.2) is 0 Å². The molecule has 3 nitrogen and oxygen atoms in total. The van der Waals surface area contributed by atoms with Gasteiger partial charge in [-0.15, -0.1) is 0 Å². The van der Waals surface area contributed by atoms with Crippen molar-refractivity contribution in [3.8, 4) is 0 Å². The van der Waals surface area contributed by atoms with Gasteiger partial charge in [-0.3, -0.25) is 0 Å². The number of halogens is 2. The molecule has 6 heteroatoms. The van der Waals surface area contributed by atoms with Crippen LogP contribution in [-0.2, 0) is 14.7 Å². The first-order valence-electron chi connectivity index (χ1n) is 0.522. The van der Waals surface area contributed by atoms with Crippen LogP contribution in [0.25, 0.3) is 0 Å². The molecular formula is H5Cl2NO2Pt. The maximum absolute atomic E-state index is 7.79. The Hall–Kier alpha value is 1.15. The van der Waals surface area contributed by atoms with Gasteiger partial charge in [0.15, 0.2) is 0 Å². The van der Waals surface area contributed by atoms with Crippen molar-refractivity contribution in [3.63, 3.8) is 0 Å². The fourth-order valence-corrected chi connectivity index (χ4v) is 0. The van der Waals surface area contributed by atoms with Gasteiger partial charge in [0.1, 0.15) is 0 Å². The van der Waals surface area contributed by atoms with E-state index in [1.165, 1.54) is 0 Å². The van der Waals surface area contributed by atoms with Gasteiger partial charge in [-0.05, 0) is 0 Å². The Bertz CT molecular complexity index is 27.0. The van der Waals surface area contributed by atoms with Crippen molar-refractivity contribution in [1.29, 1.82) is 0 Å². The molecule has 0 heterocycles. The zero-order valence-electron chi connectivity index (χ0n) is 2.67. The third-order valence-electron chi connectivity index (χ3n) is 0. The maximum atomic E-state index is 7.79. The molecule has 0 aromatic rings. The topological polar surface area (TPSA) is 75.5 Å². The van der Waals surface area contributed by atoms with Gasteiger partial charge in [0.05, 0.1) is 0 Å². The summed E-state index contributed by atoms with van der Waals surface area (Å²) in [5.41, 5.74) is 0. The van der Waals surface area contributed by atoms with E-state index in [0.29, 0.717) is 0 Å². The van der Waals surface area contributed by atoms with Gasteiger partial charge < -0.3 is 6.15 Å². The van der Waals surface area contributed by atoms with E-state index in [2.05, 4.69) is 18.8 Å². The second-order valence-electron chi connectivity index (χ2n) is 0.322. The molecular weight excluding hydrogens is 312 g/mol. The Balaban J connectivity index is 0. The molecule has 0 fully saturated rings. The van der Waals surface area contributed by atoms with Crippen molar-refractivity contribution in [3.05, 3.63) is 0 Å². The van der Waals surface area contributed by atoms with Crippen LogP contribution in [-0.4, -0.2) is 7.52 Å². The molecule has 0 atom stereocenters. The molecule has 6 heavy (non-hydrogen) atoms. The van der Waals surface area contributed by atoms with Gasteiger partial charge in [-0.1, -0.05) is 0 Å². The molecule has 0 aliphatic rings. The molecule has 0 spiro atoms. The van der Waals surface area contributed by atoms with Crippen LogP contribution in [0.5, 0.6) is 0 Å². The quantitative estimate of drug-likeness (QED) is 0.606. The Morgan fingerprint density at radius 2 is 1.17 bits per heavy atom. The summed E-state index contributed by atoms with van der Waals surface area (Å²) in [5.74, 6) is 0. The van der Waals surface area contributed by atoms with Crippen LogP contribution in [0.4, 0.5) is 0 Å². The van der Waals surface area contributed by atoms with Gasteiger partial charge in [0, 0.05) is 0 Å². The van der Waals surface area contributed by atoms with Crippen LogP contribution in [0.3, 0.4) is 0 Å². The average Bonchev–Trinajstić information content (AvgIpc) is 0.722. The summed E-state index contributed by atoms with van der Waals surface area (Å²) >= 11 is -4.00. The van der Waals surface area contributed by atoms with E-state index in [4.69, 9.17) is 7.52 Å². The molecule has 0 radical (unpaired) electrons. The molecule has 0 saturated heterocycles. The summed E-state index contributed by atoms with van der Waals surface area (Å²) in [6.45, 7) is 0. The summed E-state index contributed by atoms with van der Waals surface area (Å²) in [6.07, 6.45) is 0. The van der Waals surface area contributed by atoms with Crippen LogP contribution in [0, 0.1) is 0 Å². The summed E-state index contributed by atoms with van der Waals surface area (Å²) < 4.78 is 15.6. The summed E-state index contributed by atoms with van der Waals surface area (Å²) in [6, 6.07) is 0. The first-order chi connectivity index (χ1) is 2.00. The fourth-order valence-electron chi connectivity index (χ4n) is 0.